The maximum Gasteiger partial charge on any atom is 0.0499 e. The summed E-state index contributed by atoms with van der Waals surface area (Å²) in [6, 6.07) is 0.794. The molecule has 3 nitrogen and oxygen atoms in total. The van der Waals surface area contributed by atoms with Crippen molar-refractivity contribution in [2.24, 2.45) is 5.41 Å². The van der Waals surface area contributed by atoms with Gasteiger partial charge in [0, 0.05) is 38.3 Å². The van der Waals surface area contributed by atoms with E-state index in [1.807, 2.05) is 0 Å². The zero-order valence-electron chi connectivity index (χ0n) is 12.6. The van der Waals surface area contributed by atoms with Crippen molar-refractivity contribution in [3.05, 3.63) is 0 Å². The van der Waals surface area contributed by atoms with Crippen molar-refractivity contribution in [1.29, 1.82) is 0 Å². The minimum atomic E-state index is 0.147. The van der Waals surface area contributed by atoms with Gasteiger partial charge in [0.2, 0.25) is 0 Å². The largest absolute Gasteiger partial charge is 0.396 e. The molecule has 0 amide bonds. The van der Waals surface area contributed by atoms with Gasteiger partial charge in [0.1, 0.15) is 0 Å². The summed E-state index contributed by atoms with van der Waals surface area (Å²) in [7, 11) is 1.76. The average molecular weight is 269 g/mol. The lowest BCUT2D eigenvalue weighted by molar-refractivity contribution is -0.00546. The first-order chi connectivity index (χ1) is 9.29. The molecule has 3 heteroatoms. The summed E-state index contributed by atoms with van der Waals surface area (Å²) in [6.45, 7) is 3.53. The van der Waals surface area contributed by atoms with E-state index in [1.54, 1.807) is 7.11 Å². The van der Waals surface area contributed by atoms with Gasteiger partial charge >= 0.3 is 0 Å². The van der Waals surface area contributed by atoms with Crippen LogP contribution in [0.4, 0.5) is 0 Å². The molecule has 1 aliphatic carbocycles. The monoisotopic (exact) mass is 269 g/mol. The second-order valence-electron chi connectivity index (χ2n) is 6.62. The summed E-state index contributed by atoms with van der Waals surface area (Å²) in [5, 5.41) is 9.89. The van der Waals surface area contributed by atoms with E-state index in [9.17, 15) is 5.11 Å². The highest BCUT2D eigenvalue weighted by atomic mass is 16.5. The molecule has 1 aliphatic heterocycles. The normalized spacial score (nSPS) is 30.6. The number of likely N-dealkylation sites (tertiary alicyclic amines) is 1. The molecule has 1 N–H and O–H groups in total. The summed E-state index contributed by atoms with van der Waals surface area (Å²) in [5.74, 6) is 0. The molecule has 1 saturated carbocycles. The first-order valence-corrected chi connectivity index (χ1v) is 8.13. The van der Waals surface area contributed by atoms with Gasteiger partial charge in [0.15, 0.2) is 0 Å². The fourth-order valence-electron chi connectivity index (χ4n) is 4.01. The topological polar surface area (TPSA) is 32.7 Å². The zero-order valence-corrected chi connectivity index (χ0v) is 12.6. The van der Waals surface area contributed by atoms with Crippen LogP contribution in [-0.2, 0) is 4.74 Å². The Balaban J connectivity index is 1.89. The Bertz CT molecular complexity index is 253. The predicted molar refractivity (Wildman–Crippen MR) is 78.3 cm³/mol. The Morgan fingerprint density at radius 2 is 2.00 bits per heavy atom. The van der Waals surface area contributed by atoms with E-state index in [-0.39, 0.29) is 5.41 Å². The van der Waals surface area contributed by atoms with Crippen molar-refractivity contribution in [3.63, 3.8) is 0 Å². The number of nitrogens with zero attached hydrogens (tertiary/aromatic N) is 1. The summed E-state index contributed by atoms with van der Waals surface area (Å²) in [4.78, 5) is 2.69. The van der Waals surface area contributed by atoms with Crippen LogP contribution in [0, 0.1) is 5.41 Å². The molecule has 19 heavy (non-hydrogen) atoms. The van der Waals surface area contributed by atoms with E-state index in [2.05, 4.69) is 4.90 Å². The summed E-state index contributed by atoms with van der Waals surface area (Å²) >= 11 is 0. The van der Waals surface area contributed by atoms with E-state index >= 15 is 0 Å². The van der Waals surface area contributed by atoms with Crippen molar-refractivity contribution in [3.8, 4) is 0 Å². The highest BCUT2D eigenvalue weighted by molar-refractivity contribution is 4.90. The lowest BCUT2D eigenvalue weighted by atomic mass is 9.76. The Morgan fingerprint density at radius 1 is 1.21 bits per heavy atom. The van der Waals surface area contributed by atoms with Crippen LogP contribution in [0.2, 0.25) is 0 Å². The van der Waals surface area contributed by atoms with Crippen LogP contribution in [-0.4, -0.2) is 49.5 Å². The van der Waals surface area contributed by atoms with Crippen molar-refractivity contribution in [1.82, 2.24) is 4.90 Å². The van der Waals surface area contributed by atoms with Crippen LogP contribution in [0.5, 0.6) is 0 Å². The van der Waals surface area contributed by atoms with Crippen LogP contribution in [0.25, 0.3) is 0 Å². The van der Waals surface area contributed by atoms with E-state index in [0.29, 0.717) is 6.61 Å². The van der Waals surface area contributed by atoms with Crippen LogP contribution in [0.3, 0.4) is 0 Å². The molecule has 2 rings (SSSR count). The number of aliphatic hydroxyl groups excluding tert-OH is 1. The number of piperidine rings is 1. The number of aliphatic hydroxyl groups is 1. The molecular weight excluding hydrogens is 238 g/mol. The average Bonchev–Trinajstić information content (AvgIpc) is 2.49. The molecule has 0 aromatic carbocycles. The molecule has 0 bridgehead atoms. The fourth-order valence-corrected chi connectivity index (χ4v) is 4.01. The third-order valence-electron chi connectivity index (χ3n) is 5.17. The predicted octanol–water partition coefficient (Wildman–Crippen LogP) is 2.82. The van der Waals surface area contributed by atoms with Gasteiger partial charge in [-0.3, -0.25) is 4.90 Å². The van der Waals surface area contributed by atoms with Gasteiger partial charge in [-0.2, -0.15) is 0 Å². The standard InChI is InChI=1S/C16H31NO2/c1-19-12-6-10-16(14-18)9-5-11-17(13-16)15-7-3-2-4-8-15/h15,18H,2-14H2,1H3. The number of hydrogen-bond acceptors (Lipinski definition) is 3. The second kappa shape index (κ2) is 7.61. The van der Waals surface area contributed by atoms with E-state index < -0.39 is 0 Å². The first-order valence-electron chi connectivity index (χ1n) is 8.13. The second-order valence-corrected chi connectivity index (χ2v) is 6.62. The molecule has 2 aliphatic rings. The highest BCUT2D eigenvalue weighted by Gasteiger charge is 2.36. The van der Waals surface area contributed by atoms with Crippen LogP contribution >= 0.6 is 0 Å². The number of rotatable bonds is 6. The third-order valence-corrected chi connectivity index (χ3v) is 5.17. The van der Waals surface area contributed by atoms with Crippen molar-refractivity contribution < 1.29 is 9.84 Å². The Labute approximate surface area is 118 Å². The minimum absolute atomic E-state index is 0.147. The van der Waals surface area contributed by atoms with Crippen LogP contribution in [0.15, 0.2) is 0 Å². The smallest absolute Gasteiger partial charge is 0.0499 e. The molecule has 1 atom stereocenters. The lowest BCUT2D eigenvalue weighted by Gasteiger charge is -2.46. The Kier molecular flexibility index (Phi) is 6.11. The van der Waals surface area contributed by atoms with Gasteiger partial charge < -0.3 is 9.84 Å². The molecular formula is C16H31NO2. The molecule has 112 valence electrons. The summed E-state index contributed by atoms with van der Waals surface area (Å²) < 4.78 is 5.17. The van der Waals surface area contributed by atoms with Crippen LogP contribution in [0.1, 0.15) is 57.8 Å². The fraction of sp³-hybridized carbons (Fsp3) is 1.00. The minimum Gasteiger partial charge on any atom is -0.396 e. The van der Waals surface area contributed by atoms with Crippen molar-refractivity contribution in [2.75, 3.05) is 33.4 Å². The number of methoxy groups -OCH3 is 1. The molecule has 0 aromatic rings. The van der Waals surface area contributed by atoms with E-state index in [0.717, 1.165) is 32.0 Å². The number of ether oxygens (including phenoxy) is 1. The van der Waals surface area contributed by atoms with Gasteiger partial charge in [-0.1, -0.05) is 19.3 Å². The van der Waals surface area contributed by atoms with Crippen LogP contribution < -0.4 is 0 Å². The van der Waals surface area contributed by atoms with Gasteiger partial charge in [-0.25, -0.2) is 0 Å². The Morgan fingerprint density at radius 3 is 2.68 bits per heavy atom. The van der Waals surface area contributed by atoms with E-state index in [4.69, 9.17) is 4.74 Å². The van der Waals surface area contributed by atoms with Gasteiger partial charge in [-0.05, 0) is 45.1 Å². The van der Waals surface area contributed by atoms with Gasteiger partial charge in [0.25, 0.3) is 0 Å². The quantitative estimate of drug-likeness (QED) is 0.753. The first kappa shape index (κ1) is 15.3. The SMILES string of the molecule is COCCCC1(CO)CCCN(C2CCCCC2)C1. The maximum absolute atomic E-state index is 9.89. The molecule has 0 aromatic heterocycles. The molecule has 1 unspecified atom stereocenters. The van der Waals surface area contributed by atoms with Crippen molar-refractivity contribution in [2.45, 2.75) is 63.8 Å². The highest BCUT2D eigenvalue weighted by Crippen LogP contribution is 2.37. The van der Waals surface area contributed by atoms with Gasteiger partial charge in [0.05, 0.1) is 0 Å². The zero-order chi connectivity index (χ0) is 13.6. The van der Waals surface area contributed by atoms with Gasteiger partial charge in [-0.15, -0.1) is 0 Å². The molecule has 2 fully saturated rings. The third kappa shape index (κ3) is 4.17. The molecule has 0 spiro atoms. The molecule has 0 radical (unpaired) electrons. The number of hydrogen-bond donors (Lipinski definition) is 1. The summed E-state index contributed by atoms with van der Waals surface area (Å²) in [5.41, 5.74) is 0.147. The maximum atomic E-state index is 9.89. The molecule has 1 heterocycles. The molecule has 1 saturated heterocycles. The van der Waals surface area contributed by atoms with E-state index in [1.165, 1.54) is 51.5 Å². The van der Waals surface area contributed by atoms with Crippen molar-refractivity contribution >= 4 is 0 Å². The summed E-state index contributed by atoms with van der Waals surface area (Å²) in [6.07, 6.45) is 11.6. The lowest BCUT2D eigenvalue weighted by Crippen LogP contribution is -2.50. The Hall–Kier alpha value is -0.120.